The van der Waals surface area contributed by atoms with Gasteiger partial charge in [-0.15, -0.1) is 0 Å². The van der Waals surface area contributed by atoms with E-state index in [1.165, 1.54) is 24.5 Å². The van der Waals surface area contributed by atoms with Gasteiger partial charge < -0.3 is 10.5 Å². The fourth-order valence-electron chi connectivity index (χ4n) is 2.44. The Morgan fingerprint density at radius 3 is 2.59 bits per heavy atom. The molecule has 1 unspecified atom stereocenters. The van der Waals surface area contributed by atoms with Gasteiger partial charge in [0.15, 0.2) is 0 Å². The summed E-state index contributed by atoms with van der Waals surface area (Å²) in [6.45, 7) is 0.232. The number of nitrogens with zero attached hydrogens (tertiary/aromatic N) is 2. The molecule has 0 bridgehead atoms. The summed E-state index contributed by atoms with van der Waals surface area (Å²) in [6.07, 6.45) is 1.91. The fourth-order valence-corrected chi connectivity index (χ4v) is 4.00. The van der Waals surface area contributed by atoms with E-state index in [4.69, 9.17) is 10.5 Å². The summed E-state index contributed by atoms with van der Waals surface area (Å²) in [7, 11) is -1.08. The fraction of sp³-hybridized carbons (Fsp3) is 0.538. The average Bonchev–Trinajstić information content (AvgIpc) is 3.31. The third-order valence-electron chi connectivity index (χ3n) is 3.89. The summed E-state index contributed by atoms with van der Waals surface area (Å²) in [5.74, 6) is 0.224. The predicted molar refractivity (Wildman–Crippen MR) is 80.2 cm³/mol. The second kappa shape index (κ2) is 6.19. The molecule has 1 aromatic rings. The topological polar surface area (TPSA) is 116 Å². The van der Waals surface area contributed by atoms with Crippen LogP contribution >= 0.6 is 0 Å². The minimum absolute atomic E-state index is 0.0485. The number of nitrogens with two attached hydrogens (primary N) is 1. The molecule has 22 heavy (non-hydrogen) atoms. The van der Waals surface area contributed by atoms with E-state index >= 15 is 0 Å². The standard InChI is InChI=1S/C13H19N3O5S/c1-15(11(8-14)9-3-4-9)22(19,20)13-6-5-10(16(17)18)7-12(13)21-2/h5-7,9,11H,3-4,8,14H2,1-2H3. The number of non-ortho nitro benzene ring substituents is 1. The van der Waals surface area contributed by atoms with Crippen molar-refractivity contribution in [1.82, 2.24) is 4.31 Å². The Labute approximate surface area is 129 Å². The Morgan fingerprint density at radius 2 is 2.14 bits per heavy atom. The zero-order chi connectivity index (χ0) is 16.5. The van der Waals surface area contributed by atoms with Crippen molar-refractivity contribution in [3.05, 3.63) is 28.3 Å². The highest BCUT2D eigenvalue weighted by atomic mass is 32.2. The molecule has 0 spiro atoms. The molecule has 8 nitrogen and oxygen atoms in total. The van der Waals surface area contributed by atoms with E-state index in [0.717, 1.165) is 25.0 Å². The molecule has 0 saturated heterocycles. The maximum Gasteiger partial charge on any atom is 0.273 e. The number of hydrogen-bond acceptors (Lipinski definition) is 6. The quantitative estimate of drug-likeness (QED) is 0.588. The lowest BCUT2D eigenvalue weighted by Crippen LogP contribution is -2.43. The number of likely N-dealkylation sites (N-methyl/N-ethyl adjacent to an activating group) is 1. The van der Waals surface area contributed by atoms with E-state index < -0.39 is 14.9 Å². The minimum Gasteiger partial charge on any atom is -0.495 e. The normalized spacial score (nSPS) is 16.5. The maximum absolute atomic E-state index is 12.7. The first-order chi connectivity index (χ1) is 10.3. The average molecular weight is 329 g/mol. The molecule has 0 radical (unpaired) electrons. The van der Waals surface area contributed by atoms with Gasteiger partial charge in [-0.05, 0) is 24.8 Å². The molecule has 0 heterocycles. The lowest BCUT2D eigenvalue weighted by Gasteiger charge is -2.26. The Hall–Kier alpha value is -1.71. The van der Waals surface area contributed by atoms with Gasteiger partial charge in [0.1, 0.15) is 10.6 Å². The number of sulfonamides is 1. The van der Waals surface area contributed by atoms with Crippen LogP contribution in [0.5, 0.6) is 5.75 Å². The molecule has 0 aromatic heterocycles. The first-order valence-corrected chi connectivity index (χ1v) is 8.27. The zero-order valence-corrected chi connectivity index (χ0v) is 13.2. The van der Waals surface area contributed by atoms with Crippen LogP contribution in [0, 0.1) is 16.0 Å². The van der Waals surface area contributed by atoms with Crippen molar-refractivity contribution in [2.75, 3.05) is 20.7 Å². The molecular formula is C13H19N3O5S. The molecule has 122 valence electrons. The smallest absolute Gasteiger partial charge is 0.273 e. The number of nitro groups is 1. The number of methoxy groups -OCH3 is 1. The summed E-state index contributed by atoms with van der Waals surface area (Å²) in [6, 6.07) is 3.18. The van der Waals surface area contributed by atoms with Crippen molar-refractivity contribution < 1.29 is 18.1 Å². The number of ether oxygens (including phenoxy) is 1. The third kappa shape index (κ3) is 3.06. The second-order valence-corrected chi connectivity index (χ2v) is 7.22. The van der Waals surface area contributed by atoms with Crippen LogP contribution in [0.3, 0.4) is 0 Å². The van der Waals surface area contributed by atoms with Crippen molar-refractivity contribution in [3.8, 4) is 5.75 Å². The molecule has 1 atom stereocenters. The Bertz CT molecular complexity index is 672. The van der Waals surface area contributed by atoms with Crippen LogP contribution in [-0.4, -0.2) is 44.4 Å². The Balaban J connectivity index is 2.42. The first-order valence-electron chi connectivity index (χ1n) is 6.83. The van der Waals surface area contributed by atoms with Gasteiger partial charge in [-0.2, -0.15) is 4.31 Å². The summed E-state index contributed by atoms with van der Waals surface area (Å²) in [5, 5.41) is 10.8. The summed E-state index contributed by atoms with van der Waals surface area (Å²) < 4.78 is 31.8. The van der Waals surface area contributed by atoms with Crippen LogP contribution in [0.1, 0.15) is 12.8 Å². The molecule has 0 amide bonds. The van der Waals surface area contributed by atoms with E-state index in [-0.39, 0.29) is 34.8 Å². The van der Waals surface area contributed by atoms with E-state index in [1.54, 1.807) is 0 Å². The minimum atomic E-state index is -3.83. The molecule has 1 aromatic carbocycles. The lowest BCUT2D eigenvalue weighted by atomic mass is 10.2. The molecular weight excluding hydrogens is 310 g/mol. The van der Waals surface area contributed by atoms with Crippen LogP contribution in [0.2, 0.25) is 0 Å². The van der Waals surface area contributed by atoms with Gasteiger partial charge in [-0.3, -0.25) is 10.1 Å². The zero-order valence-electron chi connectivity index (χ0n) is 12.4. The van der Waals surface area contributed by atoms with Crippen LogP contribution in [-0.2, 0) is 10.0 Å². The Morgan fingerprint density at radius 1 is 1.50 bits per heavy atom. The number of hydrogen-bond donors (Lipinski definition) is 1. The van der Waals surface area contributed by atoms with Gasteiger partial charge in [0.2, 0.25) is 10.0 Å². The van der Waals surface area contributed by atoms with Gasteiger partial charge in [0.25, 0.3) is 5.69 Å². The summed E-state index contributed by atoms with van der Waals surface area (Å²) >= 11 is 0. The van der Waals surface area contributed by atoms with E-state index in [2.05, 4.69) is 0 Å². The number of nitro benzene ring substituents is 1. The van der Waals surface area contributed by atoms with Crippen LogP contribution in [0.15, 0.2) is 23.1 Å². The third-order valence-corrected chi connectivity index (χ3v) is 5.81. The van der Waals surface area contributed by atoms with Crippen LogP contribution < -0.4 is 10.5 Å². The van der Waals surface area contributed by atoms with Crippen molar-refractivity contribution in [3.63, 3.8) is 0 Å². The van der Waals surface area contributed by atoms with Gasteiger partial charge >= 0.3 is 0 Å². The lowest BCUT2D eigenvalue weighted by molar-refractivity contribution is -0.385. The van der Waals surface area contributed by atoms with Gasteiger partial charge in [-0.1, -0.05) is 0 Å². The van der Waals surface area contributed by atoms with Crippen molar-refractivity contribution in [2.45, 2.75) is 23.8 Å². The molecule has 1 aliphatic carbocycles. The molecule has 1 saturated carbocycles. The number of rotatable bonds is 7. The molecule has 1 fully saturated rings. The van der Waals surface area contributed by atoms with Gasteiger partial charge in [0.05, 0.1) is 18.1 Å². The van der Waals surface area contributed by atoms with Crippen molar-refractivity contribution >= 4 is 15.7 Å². The van der Waals surface area contributed by atoms with Crippen molar-refractivity contribution in [2.24, 2.45) is 11.7 Å². The van der Waals surface area contributed by atoms with Crippen molar-refractivity contribution in [1.29, 1.82) is 0 Å². The largest absolute Gasteiger partial charge is 0.495 e. The van der Waals surface area contributed by atoms with E-state index in [1.807, 2.05) is 0 Å². The van der Waals surface area contributed by atoms with Crippen LogP contribution in [0.4, 0.5) is 5.69 Å². The Kier molecular flexibility index (Phi) is 4.69. The molecule has 0 aliphatic heterocycles. The SMILES string of the molecule is COc1cc([N+](=O)[O-])ccc1S(=O)(=O)N(C)C(CN)C1CC1. The highest BCUT2D eigenvalue weighted by Gasteiger charge is 2.39. The molecule has 2 rings (SSSR count). The van der Waals surface area contributed by atoms with Crippen LogP contribution in [0.25, 0.3) is 0 Å². The second-order valence-electron chi connectivity index (χ2n) is 5.25. The predicted octanol–water partition coefficient (Wildman–Crippen LogP) is 0.961. The molecule has 2 N–H and O–H groups in total. The summed E-state index contributed by atoms with van der Waals surface area (Å²) in [4.78, 5) is 10.1. The van der Waals surface area contributed by atoms with Gasteiger partial charge in [0, 0.05) is 25.7 Å². The maximum atomic E-state index is 12.7. The summed E-state index contributed by atoms with van der Waals surface area (Å²) in [5.41, 5.74) is 5.47. The highest BCUT2D eigenvalue weighted by molar-refractivity contribution is 7.89. The monoisotopic (exact) mass is 329 g/mol. The van der Waals surface area contributed by atoms with Gasteiger partial charge in [-0.25, -0.2) is 8.42 Å². The first kappa shape index (κ1) is 16.7. The molecule has 1 aliphatic rings. The van der Waals surface area contributed by atoms with E-state index in [9.17, 15) is 18.5 Å². The molecule has 9 heteroatoms. The number of benzene rings is 1. The highest BCUT2D eigenvalue weighted by Crippen LogP contribution is 2.38. The van der Waals surface area contributed by atoms with E-state index in [0.29, 0.717) is 0 Å².